The van der Waals surface area contributed by atoms with Crippen molar-refractivity contribution in [2.24, 2.45) is 0 Å². The molecule has 0 saturated carbocycles. The van der Waals surface area contributed by atoms with Gasteiger partial charge in [0.15, 0.2) is 0 Å². The summed E-state index contributed by atoms with van der Waals surface area (Å²) in [6.45, 7) is 2.14. The summed E-state index contributed by atoms with van der Waals surface area (Å²) >= 11 is 11.8. The number of aryl methyl sites for hydroxylation is 1. The van der Waals surface area contributed by atoms with Crippen molar-refractivity contribution in [3.05, 3.63) is 69.0 Å². The first-order chi connectivity index (χ1) is 9.88. The van der Waals surface area contributed by atoms with Crippen LogP contribution in [0.25, 0.3) is 0 Å². The zero-order valence-corrected chi connectivity index (χ0v) is 13.2. The molecule has 2 aromatic carbocycles. The molecule has 0 unspecified atom stereocenters. The summed E-state index contributed by atoms with van der Waals surface area (Å²) in [5.74, 6) is -0.895. The first kappa shape index (κ1) is 15.8. The van der Waals surface area contributed by atoms with Crippen molar-refractivity contribution in [1.82, 2.24) is 4.90 Å². The van der Waals surface area contributed by atoms with Crippen LogP contribution in [0, 0.1) is 12.7 Å². The molecule has 2 nitrogen and oxygen atoms in total. The lowest BCUT2D eigenvalue weighted by Gasteiger charge is -2.18. The molecule has 0 bridgehead atoms. The summed E-state index contributed by atoms with van der Waals surface area (Å²) in [6, 6.07) is 9.62. The Kier molecular flexibility index (Phi) is 4.86. The van der Waals surface area contributed by atoms with E-state index < -0.39 is 5.82 Å². The minimum atomic E-state index is -0.522. The second-order valence-electron chi connectivity index (χ2n) is 4.89. The van der Waals surface area contributed by atoms with Crippen molar-refractivity contribution in [1.29, 1.82) is 0 Å². The molecule has 0 aliphatic heterocycles. The van der Waals surface area contributed by atoms with E-state index in [1.165, 1.54) is 11.0 Å². The van der Waals surface area contributed by atoms with Crippen LogP contribution in [-0.2, 0) is 6.54 Å². The van der Waals surface area contributed by atoms with Crippen LogP contribution in [0.5, 0.6) is 0 Å². The van der Waals surface area contributed by atoms with Crippen LogP contribution in [0.4, 0.5) is 4.39 Å². The molecule has 0 atom stereocenters. The Bertz CT molecular complexity index is 688. The SMILES string of the molecule is Cc1ccc(F)c(C(=O)N(C)Cc2ccc(Cl)c(Cl)c2)c1. The number of nitrogens with zero attached hydrogens (tertiary/aromatic N) is 1. The number of rotatable bonds is 3. The maximum absolute atomic E-state index is 13.8. The van der Waals surface area contributed by atoms with Gasteiger partial charge in [0.25, 0.3) is 5.91 Å². The lowest BCUT2D eigenvalue weighted by molar-refractivity contribution is 0.0780. The Balaban J connectivity index is 2.19. The molecule has 0 heterocycles. The third-order valence-electron chi connectivity index (χ3n) is 3.10. The van der Waals surface area contributed by atoms with Crippen molar-refractivity contribution >= 4 is 29.1 Å². The Morgan fingerprint density at radius 1 is 1.14 bits per heavy atom. The van der Waals surface area contributed by atoms with Gasteiger partial charge in [0.2, 0.25) is 0 Å². The second kappa shape index (κ2) is 6.46. The third kappa shape index (κ3) is 3.74. The topological polar surface area (TPSA) is 20.3 Å². The maximum Gasteiger partial charge on any atom is 0.256 e. The van der Waals surface area contributed by atoms with Crippen LogP contribution < -0.4 is 0 Å². The molecular weight excluding hydrogens is 312 g/mol. The van der Waals surface area contributed by atoms with E-state index in [1.54, 1.807) is 37.4 Å². The largest absolute Gasteiger partial charge is 0.337 e. The molecule has 0 radical (unpaired) electrons. The average molecular weight is 326 g/mol. The van der Waals surface area contributed by atoms with Gasteiger partial charge >= 0.3 is 0 Å². The van der Waals surface area contributed by atoms with Crippen LogP contribution in [-0.4, -0.2) is 17.9 Å². The Hall–Kier alpha value is -1.58. The Labute approximate surface area is 133 Å². The molecular formula is C16H14Cl2FNO. The molecule has 2 aromatic rings. The average Bonchev–Trinajstić information content (AvgIpc) is 2.44. The van der Waals surface area contributed by atoms with Gasteiger partial charge in [0.05, 0.1) is 15.6 Å². The van der Waals surface area contributed by atoms with Crippen molar-refractivity contribution in [2.45, 2.75) is 13.5 Å². The van der Waals surface area contributed by atoms with Crippen molar-refractivity contribution in [3.63, 3.8) is 0 Å². The lowest BCUT2D eigenvalue weighted by Crippen LogP contribution is -2.27. The normalized spacial score (nSPS) is 10.5. The monoisotopic (exact) mass is 325 g/mol. The number of hydrogen-bond donors (Lipinski definition) is 0. The van der Waals surface area contributed by atoms with E-state index in [2.05, 4.69) is 0 Å². The van der Waals surface area contributed by atoms with E-state index in [4.69, 9.17) is 23.2 Å². The van der Waals surface area contributed by atoms with Gasteiger partial charge in [-0.15, -0.1) is 0 Å². The van der Waals surface area contributed by atoms with E-state index in [1.807, 2.05) is 6.92 Å². The molecule has 1 amide bonds. The molecule has 2 rings (SSSR count). The highest BCUT2D eigenvalue weighted by Gasteiger charge is 2.16. The summed E-state index contributed by atoms with van der Waals surface area (Å²) in [5.41, 5.74) is 1.73. The summed E-state index contributed by atoms with van der Waals surface area (Å²) in [6.07, 6.45) is 0. The summed E-state index contributed by atoms with van der Waals surface area (Å²) in [7, 11) is 1.62. The van der Waals surface area contributed by atoms with E-state index in [9.17, 15) is 9.18 Å². The maximum atomic E-state index is 13.8. The van der Waals surface area contributed by atoms with Crippen molar-refractivity contribution in [2.75, 3.05) is 7.05 Å². The quantitative estimate of drug-likeness (QED) is 0.800. The van der Waals surface area contributed by atoms with Gasteiger partial charge < -0.3 is 4.90 Å². The molecule has 0 N–H and O–H groups in total. The molecule has 5 heteroatoms. The summed E-state index contributed by atoms with van der Waals surface area (Å²) in [4.78, 5) is 13.7. The second-order valence-corrected chi connectivity index (χ2v) is 5.71. The molecule has 0 fully saturated rings. The summed E-state index contributed by atoms with van der Waals surface area (Å²) in [5, 5.41) is 0.885. The standard InChI is InChI=1S/C16H14Cl2FNO/c1-10-3-6-15(19)12(7-10)16(21)20(2)9-11-4-5-13(17)14(18)8-11/h3-8H,9H2,1-2H3. The number of carbonyl (C=O) groups is 1. The number of carbonyl (C=O) groups excluding carboxylic acids is 1. The van der Waals surface area contributed by atoms with E-state index in [0.29, 0.717) is 16.6 Å². The van der Waals surface area contributed by atoms with Gasteiger partial charge in [-0.05, 0) is 36.8 Å². The first-order valence-electron chi connectivity index (χ1n) is 6.34. The van der Waals surface area contributed by atoms with Gasteiger partial charge in [-0.25, -0.2) is 4.39 Å². The zero-order chi connectivity index (χ0) is 15.6. The predicted octanol–water partition coefficient (Wildman–Crippen LogP) is 4.71. The van der Waals surface area contributed by atoms with Crippen LogP contribution in [0.3, 0.4) is 0 Å². The van der Waals surface area contributed by atoms with Gasteiger partial charge in [-0.3, -0.25) is 4.79 Å². The fourth-order valence-electron chi connectivity index (χ4n) is 1.99. The number of hydrogen-bond acceptors (Lipinski definition) is 1. The van der Waals surface area contributed by atoms with Crippen LogP contribution in [0.15, 0.2) is 36.4 Å². The van der Waals surface area contributed by atoms with E-state index >= 15 is 0 Å². The lowest BCUT2D eigenvalue weighted by atomic mass is 10.1. The number of amides is 1. The van der Waals surface area contributed by atoms with Crippen molar-refractivity contribution in [3.8, 4) is 0 Å². The van der Waals surface area contributed by atoms with Gasteiger partial charge in [-0.2, -0.15) is 0 Å². The Morgan fingerprint density at radius 2 is 1.86 bits per heavy atom. The molecule has 0 saturated heterocycles. The van der Waals surface area contributed by atoms with Crippen LogP contribution >= 0.6 is 23.2 Å². The molecule has 0 spiro atoms. The minimum absolute atomic E-state index is 0.0672. The van der Waals surface area contributed by atoms with Crippen molar-refractivity contribution < 1.29 is 9.18 Å². The fourth-order valence-corrected chi connectivity index (χ4v) is 2.31. The molecule has 21 heavy (non-hydrogen) atoms. The third-order valence-corrected chi connectivity index (χ3v) is 3.84. The van der Waals surface area contributed by atoms with Gasteiger partial charge in [0.1, 0.15) is 5.82 Å². The number of halogens is 3. The molecule has 0 aliphatic carbocycles. The highest BCUT2D eigenvalue weighted by molar-refractivity contribution is 6.42. The number of benzene rings is 2. The highest BCUT2D eigenvalue weighted by Crippen LogP contribution is 2.23. The molecule has 0 aliphatic rings. The molecule has 0 aromatic heterocycles. The predicted molar refractivity (Wildman–Crippen MR) is 83.4 cm³/mol. The molecule has 110 valence electrons. The summed E-state index contributed by atoms with van der Waals surface area (Å²) < 4.78 is 13.8. The first-order valence-corrected chi connectivity index (χ1v) is 7.09. The van der Waals surface area contributed by atoms with Crippen LogP contribution in [0.2, 0.25) is 10.0 Å². The smallest absolute Gasteiger partial charge is 0.256 e. The minimum Gasteiger partial charge on any atom is -0.337 e. The van der Waals surface area contributed by atoms with E-state index in [-0.39, 0.29) is 11.5 Å². The zero-order valence-electron chi connectivity index (χ0n) is 11.7. The van der Waals surface area contributed by atoms with Gasteiger partial charge in [0, 0.05) is 13.6 Å². The van der Waals surface area contributed by atoms with Crippen LogP contribution in [0.1, 0.15) is 21.5 Å². The fraction of sp³-hybridized carbons (Fsp3) is 0.188. The highest BCUT2D eigenvalue weighted by atomic mass is 35.5. The Morgan fingerprint density at radius 3 is 2.52 bits per heavy atom. The van der Waals surface area contributed by atoms with E-state index in [0.717, 1.165) is 11.1 Å². The van der Waals surface area contributed by atoms with Gasteiger partial charge in [-0.1, -0.05) is 40.9 Å².